The van der Waals surface area contributed by atoms with E-state index in [1.807, 2.05) is 0 Å². The molecule has 2 unspecified atom stereocenters. The van der Waals surface area contributed by atoms with Gasteiger partial charge in [-0.2, -0.15) is 0 Å². The van der Waals surface area contributed by atoms with E-state index in [0.29, 0.717) is 0 Å². The number of ether oxygens (including phenoxy) is 3. The van der Waals surface area contributed by atoms with Gasteiger partial charge in [0.15, 0.2) is 18.7 Å². The predicted octanol–water partition coefficient (Wildman–Crippen LogP) is -2.86. The number of rotatable bonds is 3. The molecule has 10 atom stereocenters. The van der Waals surface area contributed by atoms with Gasteiger partial charge in [0.25, 0.3) is 0 Å². The molecule has 0 radical (unpaired) electrons. The third kappa shape index (κ3) is 2.82. The SMILES string of the molecule is C[C@@H]1[C@H](O)[C@@H](O)[C@H](O[C@@H]2C[C@H](O)[C@@H](C(=O)O)O[C@H]2O)OC12CC2O. The number of aliphatic carboxylic acids is 1. The Morgan fingerprint density at radius 3 is 2.33 bits per heavy atom. The summed E-state index contributed by atoms with van der Waals surface area (Å²) in [5.41, 5.74) is -1.02. The van der Waals surface area contributed by atoms with Gasteiger partial charge in [0.1, 0.15) is 17.8 Å². The number of hydrogen-bond donors (Lipinski definition) is 6. The molecule has 2 saturated heterocycles. The molecule has 1 spiro atoms. The summed E-state index contributed by atoms with van der Waals surface area (Å²) in [5, 5.41) is 58.6. The van der Waals surface area contributed by atoms with Crippen LogP contribution in [0.25, 0.3) is 0 Å². The van der Waals surface area contributed by atoms with Crippen molar-refractivity contribution in [2.45, 2.75) is 74.6 Å². The van der Waals surface area contributed by atoms with E-state index in [4.69, 9.17) is 19.3 Å². The van der Waals surface area contributed by atoms with Crippen LogP contribution in [0.3, 0.4) is 0 Å². The molecule has 2 heterocycles. The first-order valence-electron chi connectivity index (χ1n) is 7.79. The lowest BCUT2D eigenvalue weighted by molar-refractivity contribution is -0.343. The minimum absolute atomic E-state index is 0.258. The van der Waals surface area contributed by atoms with E-state index < -0.39 is 66.7 Å². The van der Waals surface area contributed by atoms with Crippen LogP contribution in [0.5, 0.6) is 0 Å². The molecule has 6 N–H and O–H groups in total. The number of hydrogen-bond acceptors (Lipinski definition) is 9. The van der Waals surface area contributed by atoms with Crippen LogP contribution in [0.2, 0.25) is 0 Å². The van der Waals surface area contributed by atoms with Gasteiger partial charge in [0.05, 0.1) is 18.3 Å². The number of carboxylic acid groups (broad SMARTS) is 1. The average molecular weight is 350 g/mol. The highest BCUT2D eigenvalue weighted by Crippen LogP contribution is 2.52. The monoisotopic (exact) mass is 350 g/mol. The van der Waals surface area contributed by atoms with Gasteiger partial charge in [-0.05, 0) is 0 Å². The lowest BCUT2D eigenvalue weighted by Gasteiger charge is -2.44. The molecule has 0 aromatic carbocycles. The van der Waals surface area contributed by atoms with Crippen molar-refractivity contribution in [3.05, 3.63) is 0 Å². The van der Waals surface area contributed by atoms with E-state index in [2.05, 4.69) is 0 Å². The highest BCUT2D eigenvalue weighted by molar-refractivity contribution is 5.73. The summed E-state index contributed by atoms with van der Waals surface area (Å²) in [6, 6.07) is 0. The molecule has 10 heteroatoms. The molecule has 3 aliphatic rings. The van der Waals surface area contributed by atoms with Crippen molar-refractivity contribution >= 4 is 5.97 Å². The van der Waals surface area contributed by atoms with Gasteiger partial charge in [0, 0.05) is 18.8 Å². The van der Waals surface area contributed by atoms with Crippen molar-refractivity contribution in [2.24, 2.45) is 5.92 Å². The van der Waals surface area contributed by atoms with Crippen LogP contribution in [0, 0.1) is 5.92 Å². The lowest BCUT2D eigenvalue weighted by Crippen LogP contribution is -2.59. The molecule has 24 heavy (non-hydrogen) atoms. The first-order valence-corrected chi connectivity index (χ1v) is 7.79. The second-order valence-corrected chi connectivity index (χ2v) is 6.69. The van der Waals surface area contributed by atoms with Gasteiger partial charge >= 0.3 is 5.97 Å². The maximum absolute atomic E-state index is 10.9. The third-order valence-corrected chi connectivity index (χ3v) is 5.14. The van der Waals surface area contributed by atoms with E-state index in [9.17, 15) is 30.3 Å². The largest absolute Gasteiger partial charge is 0.479 e. The summed E-state index contributed by atoms with van der Waals surface area (Å²) in [5.74, 6) is -1.94. The summed E-state index contributed by atoms with van der Waals surface area (Å²) in [6.07, 6.45) is -10.6. The molecular weight excluding hydrogens is 328 g/mol. The molecule has 2 aliphatic heterocycles. The molecule has 3 rings (SSSR count). The van der Waals surface area contributed by atoms with E-state index in [1.165, 1.54) is 0 Å². The number of aliphatic hydroxyl groups excluding tert-OH is 5. The van der Waals surface area contributed by atoms with Crippen molar-refractivity contribution in [2.75, 3.05) is 0 Å². The Balaban J connectivity index is 1.68. The quantitative estimate of drug-likeness (QED) is 0.312. The highest BCUT2D eigenvalue weighted by Gasteiger charge is 2.66. The van der Waals surface area contributed by atoms with Crippen LogP contribution in [0.15, 0.2) is 0 Å². The molecule has 0 aromatic rings. The second-order valence-electron chi connectivity index (χ2n) is 6.69. The Kier molecular flexibility index (Phi) is 4.60. The van der Waals surface area contributed by atoms with Crippen molar-refractivity contribution in [3.8, 4) is 0 Å². The highest BCUT2D eigenvalue weighted by atomic mass is 16.7. The average Bonchev–Trinajstić information content (AvgIpc) is 3.16. The standard InChI is InChI=1S/C14H22O10/c1-4-8(17)9(18)13(24-14(4)3-7(14)16)22-6-2-5(15)10(11(19)20)23-12(6)21/h4-10,12-13,15-18,21H,2-3H2,1H3,(H,19,20)/t4-,5+,6-,7?,8+,9-,10+,12-,13-,14?/m1/s1. The van der Waals surface area contributed by atoms with E-state index in [1.54, 1.807) is 6.92 Å². The van der Waals surface area contributed by atoms with Gasteiger partial charge in [-0.3, -0.25) is 0 Å². The first kappa shape index (κ1) is 18.0. The third-order valence-electron chi connectivity index (χ3n) is 5.14. The minimum Gasteiger partial charge on any atom is -0.479 e. The maximum atomic E-state index is 10.9. The molecular formula is C14H22O10. The van der Waals surface area contributed by atoms with Gasteiger partial charge in [0.2, 0.25) is 0 Å². The van der Waals surface area contributed by atoms with Crippen LogP contribution < -0.4 is 0 Å². The Morgan fingerprint density at radius 1 is 1.17 bits per heavy atom. The Morgan fingerprint density at radius 2 is 1.79 bits per heavy atom. The smallest absolute Gasteiger partial charge is 0.335 e. The van der Waals surface area contributed by atoms with Gasteiger partial charge < -0.3 is 44.8 Å². The van der Waals surface area contributed by atoms with E-state index >= 15 is 0 Å². The Bertz CT molecular complexity index is 500. The van der Waals surface area contributed by atoms with Crippen LogP contribution in [0.1, 0.15) is 19.8 Å². The minimum atomic E-state index is -1.65. The Hall–Kier alpha value is -0.850. The normalized spacial score (nSPS) is 54.7. The number of carboxylic acids is 1. The van der Waals surface area contributed by atoms with E-state index in [-0.39, 0.29) is 12.8 Å². The van der Waals surface area contributed by atoms with Crippen LogP contribution in [-0.4, -0.2) is 91.4 Å². The molecule has 0 aromatic heterocycles. The van der Waals surface area contributed by atoms with Crippen LogP contribution >= 0.6 is 0 Å². The van der Waals surface area contributed by atoms with Crippen LogP contribution in [0.4, 0.5) is 0 Å². The van der Waals surface area contributed by atoms with Gasteiger partial charge in [-0.15, -0.1) is 0 Å². The molecule has 0 amide bonds. The number of carbonyl (C=O) groups is 1. The fourth-order valence-electron chi connectivity index (χ4n) is 3.43. The molecule has 1 saturated carbocycles. The maximum Gasteiger partial charge on any atom is 0.335 e. The van der Waals surface area contributed by atoms with Crippen LogP contribution in [-0.2, 0) is 19.0 Å². The van der Waals surface area contributed by atoms with E-state index in [0.717, 1.165) is 0 Å². The topological polar surface area (TPSA) is 166 Å². The Labute approximate surface area is 137 Å². The molecule has 0 bridgehead atoms. The zero-order valence-electron chi connectivity index (χ0n) is 12.9. The zero-order chi connectivity index (χ0) is 17.8. The summed E-state index contributed by atoms with van der Waals surface area (Å²) in [4.78, 5) is 10.9. The molecule has 138 valence electrons. The molecule has 1 aliphatic carbocycles. The lowest BCUT2D eigenvalue weighted by atomic mass is 9.88. The summed E-state index contributed by atoms with van der Waals surface area (Å²) >= 11 is 0. The predicted molar refractivity (Wildman–Crippen MR) is 73.4 cm³/mol. The summed E-state index contributed by atoms with van der Waals surface area (Å²) < 4.78 is 15.9. The van der Waals surface area contributed by atoms with Gasteiger partial charge in [-0.1, -0.05) is 6.92 Å². The van der Waals surface area contributed by atoms with Crippen molar-refractivity contribution in [1.29, 1.82) is 0 Å². The first-order chi connectivity index (χ1) is 11.2. The summed E-state index contributed by atoms with van der Waals surface area (Å²) in [6.45, 7) is 1.64. The zero-order valence-corrected chi connectivity index (χ0v) is 12.9. The molecule has 3 fully saturated rings. The van der Waals surface area contributed by atoms with Crippen molar-refractivity contribution in [3.63, 3.8) is 0 Å². The van der Waals surface area contributed by atoms with Crippen molar-refractivity contribution < 1.29 is 49.6 Å². The number of aliphatic hydroxyl groups is 5. The summed E-state index contributed by atoms with van der Waals surface area (Å²) in [7, 11) is 0. The van der Waals surface area contributed by atoms with Gasteiger partial charge in [-0.25, -0.2) is 4.79 Å². The second kappa shape index (κ2) is 6.15. The fraction of sp³-hybridized carbons (Fsp3) is 0.929. The van der Waals surface area contributed by atoms with Crippen molar-refractivity contribution in [1.82, 2.24) is 0 Å². The molecule has 10 nitrogen and oxygen atoms in total. The fourth-order valence-corrected chi connectivity index (χ4v) is 3.43.